The zero-order valence-corrected chi connectivity index (χ0v) is 19.0. The number of halogens is 2. The van der Waals surface area contributed by atoms with Gasteiger partial charge >= 0.3 is 0 Å². The van der Waals surface area contributed by atoms with Crippen molar-refractivity contribution in [1.29, 1.82) is 0 Å². The van der Waals surface area contributed by atoms with E-state index in [1.165, 1.54) is 30.3 Å². The van der Waals surface area contributed by atoms with Crippen LogP contribution >= 0.6 is 12.4 Å². The fraction of sp³-hybridized carbons (Fsp3) is 0.154. The summed E-state index contributed by atoms with van der Waals surface area (Å²) in [5.41, 5.74) is 2.59. The van der Waals surface area contributed by atoms with Crippen LogP contribution in [-0.4, -0.2) is 26.9 Å². The molecule has 8 heteroatoms. The van der Waals surface area contributed by atoms with E-state index >= 15 is 0 Å². The molecule has 1 aliphatic heterocycles. The second kappa shape index (κ2) is 9.97. The summed E-state index contributed by atoms with van der Waals surface area (Å²) in [6.07, 6.45) is 3.96. The average molecular weight is 477 g/mol. The molecule has 4 aromatic rings. The van der Waals surface area contributed by atoms with Gasteiger partial charge in [0.05, 0.1) is 18.3 Å². The van der Waals surface area contributed by atoms with E-state index in [9.17, 15) is 14.0 Å². The van der Waals surface area contributed by atoms with Crippen molar-refractivity contribution < 1.29 is 9.18 Å². The van der Waals surface area contributed by atoms with E-state index < -0.39 is 5.82 Å². The van der Waals surface area contributed by atoms with Crippen molar-refractivity contribution in [2.75, 3.05) is 11.4 Å². The van der Waals surface area contributed by atoms with E-state index in [4.69, 9.17) is 4.98 Å². The summed E-state index contributed by atoms with van der Waals surface area (Å²) < 4.78 is 15.0. The topological polar surface area (TPSA) is 68.1 Å². The molecule has 2 aromatic heterocycles. The van der Waals surface area contributed by atoms with Crippen molar-refractivity contribution in [3.63, 3.8) is 0 Å². The van der Waals surface area contributed by atoms with E-state index in [0.29, 0.717) is 30.2 Å². The normalized spacial score (nSPS) is 14.7. The number of carbonyl (C=O) groups is 1. The number of carbonyl (C=O) groups excluding carboxylic acids is 1. The highest BCUT2D eigenvalue weighted by molar-refractivity contribution is 5.99. The molecule has 0 aliphatic carbocycles. The number of Topliss-reactive ketones (excluding diaryl/α,β-unsaturated/α-hetero) is 1. The third-order valence-electron chi connectivity index (χ3n) is 5.89. The molecule has 0 bridgehead atoms. The van der Waals surface area contributed by atoms with Gasteiger partial charge in [-0.25, -0.2) is 9.37 Å². The summed E-state index contributed by atoms with van der Waals surface area (Å²) in [6.45, 7) is 0.510. The molecular formula is C26H22ClFN4O2. The Morgan fingerprint density at radius 1 is 1.00 bits per heavy atom. The molecule has 0 spiro atoms. The molecule has 1 unspecified atom stereocenters. The van der Waals surface area contributed by atoms with Crippen LogP contribution in [0.1, 0.15) is 28.4 Å². The quantitative estimate of drug-likeness (QED) is 0.390. The molecule has 2 aromatic carbocycles. The molecule has 1 atom stereocenters. The van der Waals surface area contributed by atoms with E-state index in [0.717, 1.165) is 11.1 Å². The standard InChI is InChI=1S/C26H21FN4O2.ClH/c27-21-8-6-20(7-9-21)24(32)17-31-23(19-4-2-1-3-5-19)12-15-30-25(33)16-22(29-26(30)31)18-10-13-28-14-11-18;/h1-11,13-14,16,23H,12,15,17H2;1H. The van der Waals surface area contributed by atoms with Crippen molar-refractivity contribution in [1.82, 2.24) is 14.5 Å². The van der Waals surface area contributed by atoms with Gasteiger partial charge in [0.25, 0.3) is 5.56 Å². The molecule has 5 rings (SSSR count). The molecule has 6 nitrogen and oxygen atoms in total. The SMILES string of the molecule is Cl.O=C(CN1c2nc(-c3ccncc3)cc(=O)n2CCC1c1ccccc1)c1ccc(F)cc1. The van der Waals surface area contributed by atoms with E-state index in [-0.39, 0.29) is 36.3 Å². The number of benzene rings is 2. The minimum atomic E-state index is -0.396. The molecular weight excluding hydrogens is 455 g/mol. The lowest BCUT2D eigenvalue weighted by molar-refractivity contribution is 0.0994. The minimum Gasteiger partial charge on any atom is -0.327 e. The third-order valence-corrected chi connectivity index (χ3v) is 5.89. The fourth-order valence-corrected chi connectivity index (χ4v) is 4.22. The number of ketones is 1. The fourth-order valence-electron chi connectivity index (χ4n) is 4.22. The molecule has 3 heterocycles. The second-order valence-corrected chi connectivity index (χ2v) is 7.94. The minimum absolute atomic E-state index is 0. The van der Waals surface area contributed by atoms with Crippen LogP contribution in [0.15, 0.2) is 90.0 Å². The summed E-state index contributed by atoms with van der Waals surface area (Å²) >= 11 is 0. The van der Waals surface area contributed by atoms with Crippen LogP contribution in [0.2, 0.25) is 0 Å². The smallest absolute Gasteiger partial charge is 0.255 e. The highest BCUT2D eigenvalue weighted by Crippen LogP contribution is 2.34. The highest BCUT2D eigenvalue weighted by atomic mass is 35.5. The number of pyridine rings is 1. The second-order valence-electron chi connectivity index (χ2n) is 7.94. The lowest BCUT2D eigenvalue weighted by Crippen LogP contribution is -2.43. The summed E-state index contributed by atoms with van der Waals surface area (Å²) in [5, 5.41) is 0. The third kappa shape index (κ3) is 4.61. The van der Waals surface area contributed by atoms with Gasteiger partial charge in [0.15, 0.2) is 5.78 Å². The van der Waals surface area contributed by atoms with Crippen LogP contribution in [-0.2, 0) is 6.54 Å². The van der Waals surface area contributed by atoms with Crippen LogP contribution in [0.5, 0.6) is 0 Å². The number of fused-ring (bicyclic) bond motifs is 1. The van der Waals surface area contributed by atoms with Crippen LogP contribution in [0, 0.1) is 5.82 Å². The molecule has 172 valence electrons. The van der Waals surface area contributed by atoms with Crippen LogP contribution in [0.25, 0.3) is 11.3 Å². The Balaban J connectivity index is 0.00000274. The van der Waals surface area contributed by atoms with E-state index in [2.05, 4.69) is 4.98 Å². The van der Waals surface area contributed by atoms with Gasteiger partial charge in [0.1, 0.15) is 5.82 Å². The Labute approximate surface area is 202 Å². The number of rotatable bonds is 5. The summed E-state index contributed by atoms with van der Waals surface area (Å²) in [5.74, 6) is -0.120. The van der Waals surface area contributed by atoms with Crippen LogP contribution in [0.4, 0.5) is 10.3 Å². The van der Waals surface area contributed by atoms with Gasteiger partial charge in [-0.05, 0) is 48.4 Å². The predicted molar refractivity (Wildman–Crippen MR) is 131 cm³/mol. The Hall–Kier alpha value is -3.84. The molecule has 34 heavy (non-hydrogen) atoms. The van der Waals surface area contributed by atoms with Gasteiger partial charge < -0.3 is 4.90 Å². The average Bonchev–Trinajstić information content (AvgIpc) is 2.85. The Morgan fingerprint density at radius 3 is 2.41 bits per heavy atom. The van der Waals surface area contributed by atoms with Gasteiger partial charge in [-0.15, -0.1) is 12.4 Å². The predicted octanol–water partition coefficient (Wildman–Crippen LogP) is 4.70. The molecule has 1 aliphatic rings. The van der Waals surface area contributed by atoms with Crippen molar-refractivity contribution in [2.45, 2.75) is 19.0 Å². The van der Waals surface area contributed by atoms with Crippen molar-refractivity contribution in [3.05, 3.63) is 112 Å². The van der Waals surface area contributed by atoms with Gasteiger partial charge in [-0.3, -0.25) is 19.1 Å². The molecule has 0 saturated heterocycles. The Bertz CT molecular complexity index is 1350. The zero-order chi connectivity index (χ0) is 22.8. The van der Waals surface area contributed by atoms with Crippen LogP contribution in [0.3, 0.4) is 0 Å². The molecule has 0 saturated carbocycles. The first-order valence-corrected chi connectivity index (χ1v) is 10.7. The number of anilines is 1. The number of hydrogen-bond donors (Lipinski definition) is 0. The first-order valence-electron chi connectivity index (χ1n) is 10.7. The number of aromatic nitrogens is 3. The molecule has 0 N–H and O–H groups in total. The van der Waals surface area contributed by atoms with Gasteiger partial charge in [0, 0.05) is 36.1 Å². The Morgan fingerprint density at radius 2 is 1.71 bits per heavy atom. The summed E-state index contributed by atoms with van der Waals surface area (Å²) in [6, 6.07) is 20.4. The van der Waals surface area contributed by atoms with E-state index in [1.54, 1.807) is 29.1 Å². The monoisotopic (exact) mass is 476 g/mol. The van der Waals surface area contributed by atoms with Gasteiger partial charge in [-0.1, -0.05) is 30.3 Å². The number of hydrogen-bond acceptors (Lipinski definition) is 5. The lowest BCUT2D eigenvalue weighted by Gasteiger charge is -2.38. The van der Waals surface area contributed by atoms with Crippen molar-refractivity contribution in [3.8, 4) is 11.3 Å². The van der Waals surface area contributed by atoms with Crippen LogP contribution < -0.4 is 10.5 Å². The van der Waals surface area contributed by atoms with Crippen molar-refractivity contribution >= 4 is 24.1 Å². The maximum Gasteiger partial charge on any atom is 0.255 e. The highest BCUT2D eigenvalue weighted by Gasteiger charge is 2.31. The van der Waals surface area contributed by atoms with Gasteiger partial charge in [0.2, 0.25) is 5.95 Å². The summed E-state index contributed by atoms with van der Waals surface area (Å²) in [7, 11) is 0. The summed E-state index contributed by atoms with van der Waals surface area (Å²) in [4.78, 5) is 36.9. The lowest BCUT2D eigenvalue weighted by atomic mass is 9.99. The van der Waals surface area contributed by atoms with E-state index in [1.807, 2.05) is 35.2 Å². The first-order chi connectivity index (χ1) is 16.1. The maximum atomic E-state index is 13.4. The zero-order valence-electron chi connectivity index (χ0n) is 18.2. The molecule has 0 radical (unpaired) electrons. The molecule has 0 amide bonds. The largest absolute Gasteiger partial charge is 0.327 e. The van der Waals surface area contributed by atoms with Crippen molar-refractivity contribution in [2.24, 2.45) is 0 Å². The number of nitrogens with zero attached hydrogens (tertiary/aromatic N) is 4. The first kappa shape index (κ1) is 23.3. The molecule has 0 fully saturated rings. The Kier molecular flexibility index (Phi) is 6.84. The van der Waals surface area contributed by atoms with Gasteiger partial charge in [-0.2, -0.15) is 0 Å². The maximum absolute atomic E-state index is 13.4.